The third-order valence-corrected chi connectivity index (χ3v) is 5.01. The summed E-state index contributed by atoms with van der Waals surface area (Å²) < 4.78 is 5.29. The number of aromatic nitrogens is 2. The van der Waals surface area contributed by atoms with Crippen LogP contribution in [0.2, 0.25) is 0 Å². The van der Waals surface area contributed by atoms with E-state index in [-0.39, 0.29) is 0 Å². The van der Waals surface area contributed by atoms with Crippen molar-refractivity contribution in [1.29, 1.82) is 0 Å². The van der Waals surface area contributed by atoms with Crippen LogP contribution in [0.25, 0.3) is 0 Å². The number of nitrogens with zero attached hydrogens (tertiary/aromatic N) is 4. The van der Waals surface area contributed by atoms with Gasteiger partial charge >= 0.3 is 0 Å². The SMILES string of the molecule is CN=C(NCCCc1nc(C(C)C)no1)NC1CCN(c2ccc(C)cc2)C1. The molecular weight excluding hydrogens is 352 g/mol. The molecular formula is C21H32N6O. The summed E-state index contributed by atoms with van der Waals surface area (Å²) in [5.74, 6) is 2.63. The van der Waals surface area contributed by atoms with Crippen molar-refractivity contribution in [3.8, 4) is 0 Å². The molecule has 0 saturated carbocycles. The Bertz CT molecular complexity index is 767. The second-order valence-corrected chi connectivity index (χ2v) is 7.72. The van der Waals surface area contributed by atoms with Gasteiger partial charge in [-0.15, -0.1) is 0 Å². The molecule has 2 aromatic rings. The van der Waals surface area contributed by atoms with Crippen LogP contribution in [0.3, 0.4) is 0 Å². The monoisotopic (exact) mass is 384 g/mol. The number of hydrogen-bond donors (Lipinski definition) is 2. The van der Waals surface area contributed by atoms with Crippen LogP contribution in [0.5, 0.6) is 0 Å². The number of nitrogens with one attached hydrogen (secondary N) is 2. The van der Waals surface area contributed by atoms with Crippen molar-refractivity contribution in [1.82, 2.24) is 20.8 Å². The summed E-state index contributed by atoms with van der Waals surface area (Å²) >= 11 is 0. The van der Waals surface area contributed by atoms with E-state index >= 15 is 0 Å². The maximum Gasteiger partial charge on any atom is 0.226 e. The minimum Gasteiger partial charge on any atom is -0.369 e. The van der Waals surface area contributed by atoms with Crippen LogP contribution >= 0.6 is 0 Å². The van der Waals surface area contributed by atoms with Gasteiger partial charge in [-0.2, -0.15) is 4.98 Å². The molecule has 1 atom stereocenters. The lowest BCUT2D eigenvalue weighted by Crippen LogP contribution is -2.44. The predicted molar refractivity (Wildman–Crippen MR) is 113 cm³/mol. The van der Waals surface area contributed by atoms with E-state index in [1.165, 1.54) is 11.3 Å². The summed E-state index contributed by atoms with van der Waals surface area (Å²) in [4.78, 5) is 11.2. The van der Waals surface area contributed by atoms with E-state index in [4.69, 9.17) is 4.52 Å². The van der Waals surface area contributed by atoms with Gasteiger partial charge in [-0.1, -0.05) is 36.7 Å². The van der Waals surface area contributed by atoms with Gasteiger partial charge in [0.25, 0.3) is 0 Å². The lowest BCUT2D eigenvalue weighted by molar-refractivity contribution is 0.368. The third kappa shape index (κ3) is 5.47. The fourth-order valence-corrected chi connectivity index (χ4v) is 3.31. The molecule has 7 nitrogen and oxygen atoms in total. The molecule has 1 aromatic carbocycles. The van der Waals surface area contributed by atoms with Gasteiger partial charge in [0.1, 0.15) is 0 Å². The smallest absolute Gasteiger partial charge is 0.226 e. The fraction of sp³-hybridized carbons (Fsp3) is 0.571. The first-order valence-corrected chi connectivity index (χ1v) is 10.2. The van der Waals surface area contributed by atoms with Crippen LogP contribution in [0, 0.1) is 6.92 Å². The Morgan fingerprint density at radius 1 is 1.32 bits per heavy atom. The van der Waals surface area contributed by atoms with Gasteiger partial charge < -0.3 is 20.1 Å². The van der Waals surface area contributed by atoms with Crippen LogP contribution in [-0.2, 0) is 6.42 Å². The predicted octanol–water partition coefficient (Wildman–Crippen LogP) is 2.88. The number of anilines is 1. The number of rotatable bonds is 7. The number of aryl methyl sites for hydroxylation is 2. The highest BCUT2D eigenvalue weighted by Gasteiger charge is 2.23. The van der Waals surface area contributed by atoms with Gasteiger partial charge in [0.2, 0.25) is 5.89 Å². The summed E-state index contributed by atoms with van der Waals surface area (Å²) in [7, 11) is 1.81. The fourth-order valence-electron chi connectivity index (χ4n) is 3.31. The summed E-state index contributed by atoms with van der Waals surface area (Å²) in [5, 5.41) is 10.9. The quantitative estimate of drug-likeness (QED) is 0.434. The van der Waals surface area contributed by atoms with Gasteiger partial charge in [-0.25, -0.2) is 0 Å². The Morgan fingerprint density at radius 3 is 2.79 bits per heavy atom. The zero-order valence-corrected chi connectivity index (χ0v) is 17.4. The number of guanidine groups is 1. The molecule has 28 heavy (non-hydrogen) atoms. The van der Waals surface area contributed by atoms with Crippen LogP contribution in [0.15, 0.2) is 33.8 Å². The second kappa shape index (κ2) is 9.57. The van der Waals surface area contributed by atoms with Crippen molar-refractivity contribution >= 4 is 11.6 Å². The Balaban J connectivity index is 1.39. The van der Waals surface area contributed by atoms with E-state index < -0.39 is 0 Å². The Labute approximate surface area is 167 Å². The molecule has 1 fully saturated rings. The van der Waals surface area contributed by atoms with Crippen molar-refractivity contribution in [3.05, 3.63) is 41.5 Å². The molecule has 0 spiro atoms. The van der Waals surface area contributed by atoms with Crippen LogP contribution < -0.4 is 15.5 Å². The number of aliphatic imine (C=N–C) groups is 1. The van der Waals surface area contributed by atoms with Gasteiger partial charge in [-0.3, -0.25) is 4.99 Å². The van der Waals surface area contributed by atoms with Gasteiger partial charge in [0.05, 0.1) is 0 Å². The molecule has 1 saturated heterocycles. The average Bonchev–Trinajstić information content (AvgIpc) is 3.34. The van der Waals surface area contributed by atoms with Crippen molar-refractivity contribution in [2.75, 3.05) is 31.6 Å². The Kier molecular flexibility index (Phi) is 6.90. The zero-order valence-electron chi connectivity index (χ0n) is 17.4. The minimum absolute atomic E-state index is 0.296. The highest BCUT2D eigenvalue weighted by atomic mass is 16.5. The van der Waals surface area contributed by atoms with Gasteiger partial charge in [0.15, 0.2) is 11.8 Å². The minimum atomic E-state index is 0.296. The standard InChI is InChI=1S/C21H32N6O/c1-15(2)20-25-19(28-26-20)6-5-12-23-21(22-4)24-17-11-13-27(14-17)18-9-7-16(3)8-10-18/h7-10,15,17H,5-6,11-14H2,1-4H3,(H2,22,23,24). The van der Waals surface area contributed by atoms with E-state index in [2.05, 4.69) is 75.7 Å². The third-order valence-electron chi connectivity index (χ3n) is 5.01. The van der Waals surface area contributed by atoms with E-state index in [1.54, 1.807) is 0 Å². The van der Waals surface area contributed by atoms with E-state index in [0.29, 0.717) is 17.9 Å². The Morgan fingerprint density at radius 2 is 2.11 bits per heavy atom. The maximum atomic E-state index is 5.29. The molecule has 0 amide bonds. The Hall–Kier alpha value is -2.57. The first-order chi connectivity index (χ1) is 13.5. The van der Waals surface area contributed by atoms with Crippen molar-refractivity contribution in [2.24, 2.45) is 4.99 Å². The summed E-state index contributed by atoms with van der Waals surface area (Å²) in [6, 6.07) is 9.14. The highest BCUT2D eigenvalue weighted by molar-refractivity contribution is 5.80. The lowest BCUT2D eigenvalue weighted by Gasteiger charge is -2.20. The van der Waals surface area contributed by atoms with Crippen LogP contribution in [-0.4, -0.2) is 48.8 Å². The van der Waals surface area contributed by atoms with Crippen molar-refractivity contribution in [2.45, 2.75) is 52.0 Å². The maximum absolute atomic E-state index is 5.29. The molecule has 0 aliphatic carbocycles. The van der Waals surface area contributed by atoms with E-state index in [0.717, 1.165) is 50.7 Å². The summed E-state index contributed by atoms with van der Waals surface area (Å²) in [5.41, 5.74) is 2.58. The summed E-state index contributed by atoms with van der Waals surface area (Å²) in [6.07, 6.45) is 2.80. The van der Waals surface area contributed by atoms with Gasteiger partial charge in [-0.05, 0) is 31.9 Å². The first kappa shape index (κ1) is 20.2. The summed E-state index contributed by atoms with van der Waals surface area (Å²) in [6.45, 7) is 9.11. The number of hydrogen-bond acceptors (Lipinski definition) is 5. The van der Waals surface area contributed by atoms with Crippen molar-refractivity contribution in [3.63, 3.8) is 0 Å². The molecule has 2 heterocycles. The van der Waals surface area contributed by atoms with E-state index in [9.17, 15) is 0 Å². The molecule has 1 unspecified atom stereocenters. The molecule has 3 rings (SSSR count). The van der Waals surface area contributed by atoms with E-state index in [1.807, 2.05) is 7.05 Å². The molecule has 1 aliphatic heterocycles. The molecule has 0 bridgehead atoms. The normalized spacial score (nSPS) is 17.4. The average molecular weight is 385 g/mol. The molecule has 1 aliphatic rings. The van der Waals surface area contributed by atoms with Gasteiger partial charge in [0, 0.05) is 50.7 Å². The molecule has 2 N–H and O–H groups in total. The number of benzene rings is 1. The van der Waals surface area contributed by atoms with Crippen LogP contribution in [0.1, 0.15) is 49.9 Å². The molecule has 0 radical (unpaired) electrons. The van der Waals surface area contributed by atoms with Crippen molar-refractivity contribution < 1.29 is 4.52 Å². The second-order valence-electron chi connectivity index (χ2n) is 7.72. The topological polar surface area (TPSA) is 78.6 Å². The molecule has 7 heteroatoms. The zero-order chi connectivity index (χ0) is 19.9. The largest absolute Gasteiger partial charge is 0.369 e. The lowest BCUT2D eigenvalue weighted by atomic mass is 10.2. The molecule has 1 aromatic heterocycles. The molecule has 152 valence electrons. The van der Waals surface area contributed by atoms with Crippen LogP contribution in [0.4, 0.5) is 5.69 Å². The highest BCUT2D eigenvalue weighted by Crippen LogP contribution is 2.20. The first-order valence-electron chi connectivity index (χ1n) is 10.2.